The molecule has 2 N–H and O–H groups in total. The van der Waals surface area contributed by atoms with Gasteiger partial charge in [-0.15, -0.1) is 0 Å². The summed E-state index contributed by atoms with van der Waals surface area (Å²) in [5.41, 5.74) is 0.0300. The molecule has 1 saturated heterocycles. The third-order valence-corrected chi connectivity index (χ3v) is 6.57. The van der Waals surface area contributed by atoms with Gasteiger partial charge in [-0.05, 0) is 43.0 Å². The lowest BCUT2D eigenvalue weighted by Crippen LogP contribution is -2.46. The summed E-state index contributed by atoms with van der Waals surface area (Å²) in [5.74, 6) is 0.688. The van der Waals surface area contributed by atoms with Gasteiger partial charge in [-0.25, -0.2) is 0 Å². The number of methoxy groups -OCH3 is 1. The van der Waals surface area contributed by atoms with Crippen molar-refractivity contribution in [2.75, 3.05) is 26.8 Å². The maximum Gasteiger partial charge on any atom is 0.261 e. The highest BCUT2D eigenvalue weighted by Crippen LogP contribution is 2.35. The zero-order chi connectivity index (χ0) is 24.1. The van der Waals surface area contributed by atoms with E-state index in [4.69, 9.17) is 9.47 Å². The first-order chi connectivity index (χ1) is 16.5. The lowest BCUT2D eigenvalue weighted by Gasteiger charge is -2.38. The van der Waals surface area contributed by atoms with Crippen molar-refractivity contribution in [1.29, 1.82) is 0 Å². The van der Waals surface area contributed by atoms with E-state index < -0.39 is 11.2 Å². The van der Waals surface area contributed by atoms with Crippen LogP contribution in [-0.4, -0.2) is 47.7 Å². The number of benzene rings is 2. The number of hydrogen-bond donors (Lipinski definition) is 2. The number of piperidine rings is 1. The summed E-state index contributed by atoms with van der Waals surface area (Å²) < 4.78 is 11.4. The molecule has 1 aliphatic rings. The lowest BCUT2D eigenvalue weighted by molar-refractivity contribution is -0.0211. The summed E-state index contributed by atoms with van der Waals surface area (Å²) in [6.07, 6.45) is 3.87. The molecule has 0 radical (unpaired) electrons. The number of fused-ring (bicyclic) bond motifs is 1. The number of amides is 1. The van der Waals surface area contributed by atoms with Crippen molar-refractivity contribution in [3.63, 3.8) is 0 Å². The highest BCUT2D eigenvalue weighted by molar-refractivity contribution is 5.98. The molecule has 7 nitrogen and oxygen atoms in total. The van der Waals surface area contributed by atoms with Crippen LogP contribution in [0.15, 0.2) is 53.3 Å². The van der Waals surface area contributed by atoms with Crippen molar-refractivity contribution >= 4 is 16.8 Å². The van der Waals surface area contributed by atoms with E-state index in [-0.39, 0.29) is 11.5 Å². The number of likely N-dealkylation sites (tertiary alicyclic amines) is 1. The van der Waals surface area contributed by atoms with Crippen LogP contribution >= 0.6 is 0 Å². The number of aromatic nitrogens is 1. The Balaban J connectivity index is 1.56. The van der Waals surface area contributed by atoms with E-state index in [1.807, 2.05) is 36.4 Å². The van der Waals surface area contributed by atoms with Crippen LogP contribution in [0.4, 0.5) is 0 Å². The van der Waals surface area contributed by atoms with Crippen molar-refractivity contribution in [3.8, 4) is 11.5 Å². The highest BCUT2D eigenvalue weighted by Gasteiger charge is 2.36. The molecular weight excluding hydrogens is 432 g/mol. The van der Waals surface area contributed by atoms with Gasteiger partial charge in [-0.2, -0.15) is 0 Å². The fourth-order valence-corrected chi connectivity index (χ4v) is 4.51. The fourth-order valence-electron chi connectivity index (χ4n) is 4.51. The number of unbranched alkanes of at least 4 members (excludes halogenated alkanes) is 2. The molecule has 1 aromatic heterocycles. The maximum atomic E-state index is 13.2. The topological polar surface area (TPSA) is 91.9 Å². The van der Waals surface area contributed by atoms with Crippen LogP contribution in [0.25, 0.3) is 10.9 Å². The molecule has 0 bridgehead atoms. The van der Waals surface area contributed by atoms with E-state index >= 15 is 0 Å². The number of ether oxygens (including phenoxy) is 2. The Hall–Kier alpha value is -3.32. The molecule has 2 heterocycles. The van der Waals surface area contributed by atoms with Gasteiger partial charge in [0.2, 0.25) is 0 Å². The molecule has 0 spiro atoms. The molecule has 0 aliphatic carbocycles. The van der Waals surface area contributed by atoms with Crippen LogP contribution in [-0.2, 0) is 5.60 Å². The largest absolute Gasteiger partial charge is 0.493 e. The summed E-state index contributed by atoms with van der Waals surface area (Å²) in [6.45, 7) is 3.38. The molecule has 34 heavy (non-hydrogen) atoms. The number of carbonyl (C=O) groups excluding carboxylic acids is 1. The predicted octanol–water partition coefficient (Wildman–Crippen LogP) is 4.23. The minimum absolute atomic E-state index is 0.0831. The lowest BCUT2D eigenvalue weighted by atomic mass is 9.84. The van der Waals surface area contributed by atoms with Crippen LogP contribution in [0.1, 0.15) is 54.9 Å². The van der Waals surface area contributed by atoms with E-state index in [1.54, 1.807) is 24.1 Å². The van der Waals surface area contributed by atoms with Crippen LogP contribution in [0.3, 0.4) is 0 Å². The van der Waals surface area contributed by atoms with Crippen LogP contribution < -0.4 is 15.0 Å². The number of rotatable bonds is 8. The van der Waals surface area contributed by atoms with Gasteiger partial charge < -0.3 is 24.5 Å². The summed E-state index contributed by atoms with van der Waals surface area (Å²) in [5, 5.41) is 11.8. The quantitative estimate of drug-likeness (QED) is 0.487. The Bertz CT molecular complexity index is 1200. The zero-order valence-electron chi connectivity index (χ0n) is 19.8. The van der Waals surface area contributed by atoms with Gasteiger partial charge >= 0.3 is 0 Å². The van der Waals surface area contributed by atoms with Gasteiger partial charge in [0.1, 0.15) is 5.56 Å². The van der Waals surface area contributed by atoms with Gasteiger partial charge in [0.25, 0.3) is 11.5 Å². The summed E-state index contributed by atoms with van der Waals surface area (Å²) >= 11 is 0. The normalized spacial score (nSPS) is 15.3. The number of aromatic amines is 1. The fraction of sp³-hybridized carbons (Fsp3) is 0.407. The molecular formula is C27H32N2O5. The van der Waals surface area contributed by atoms with Crippen LogP contribution in [0, 0.1) is 0 Å². The SMILES string of the molecule is CCCCCOc1c(OC)ccc2cc(C(=O)N3CCC(O)(c4ccccc4)CC3)c(=O)[nH]c12. The molecule has 1 fully saturated rings. The van der Waals surface area contributed by atoms with Crippen molar-refractivity contribution in [3.05, 3.63) is 70.0 Å². The minimum atomic E-state index is -0.964. The number of hydrogen-bond acceptors (Lipinski definition) is 5. The molecule has 2 aromatic carbocycles. The standard InChI is InChI=1S/C27H32N2O5/c1-3-4-8-17-34-24-22(33-2)12-11-19-18-21(25(30)28-23(19)24)26(31)29-15-13-27(32,14-16-29)20-9-6-5-7-10-20/h5-7,9-12,18,32H,3-4,8,13-17H2,1-2H3,(H,28,30). The van der Waals surface area contributed by atoms with E-state index in [1.165, 1.54) is 0 Å². The second-order valence-electron chi connectivity index (χ2n) is 8.82. The Morgan fingerprint density at radius 1 is 1.12 bits per heavy atom. The van der Waals surface area contributed by atoms with Gasteiger partial charge in [0.05, 0.1) is 24.8 Å². The van der Waals surface area contributed by atoms with Crippen molar-refractivity contribution in [1.82, 2.24) is 9.88 Å². The van der Waals surface area contributed by atoms with E-state index in [0.717, 1.165) is 24.8 Å². The first-order valence-corrected chi connectivity index (χ1v) is 11.9. The van der Waals surface area contributed by atoms with Crippen molar-refractivity contribution in [2.45, 2.75) is 44.6 Å². The number of H-pyrrole nitrogens is 1. The molecule has 180 valence electrons. The van der Waals surface area contributed by atoms with Gasteiger partial charge in [0, 0.05) is 18.5 Å². The highest BCUT2D eigenvalue weighted by atomic mass is 16.5. The number of carbonyl (C=O) groups is 1. The number of nitrogens with one attached hydrogen (secondary N) is 1. The van der Waals surface area contributed by atoms with Crippen molar-refractivity contribution in [2.24, 2.45) is 0 Å². The van der Waals surface area contributed by atoms with Gasteiger partial charge in [-0.1, -0.05) is 50.1 Å². The van der Waals surface area contributed by atoms with Crippen molar-refractivity contribution < 1.29 is 19.4 Å². The molecule has 1 aliphatic heterocycles. The maximum absolute atomic E-state index is 13.2. The average Bonchev–Trinajstić information content (AvgIpc) is 2.87. The van der Waals surface area contributed by atoms with E-state index in [2.05, 4.69) is 11.9 Å². The molecule has 0 unspecified atom stereocenters. The van der Waals surface area contributed by atoms with Crippen LogP contribution in [0.2, 0.25) is 0 Å². The third-order valence-electron chi connectivity index (χ3n) is 6.57. The average molecular weight is 465 g/mol. The molecule has 7 heteroatoms. The molecule has 0 saturated carbocycles. The second kappa shape index (κ2) is 10.3. The smallest absolute Gasteiger partial charge is 0.261 e. The first kappa shape index (κ1) is 23.8. The predicted molar refractivity (Wildman–Crippen MR) is 132 cm³/mol. The number of nitrogens with zero attached hydrogens (tertiary/aromatic N) is 1. The first-order valence-electron chi connectivity index (χ1n) is 11.9. The van der Waals surface area contributed by atoms with Crippen LogP contribution in [0.5, 0.6) is 11.5 Å². The number of pyridine rings is 1. The summed E-state index contributed by atoms with van der Waals surface area (Å²) in [4.78, 5) is 30.7. The van der Waals surface area contributed by atoms with E-state index in [0.29, 0.717) is 54.9 Å². The molecule has 3 aromatic rings. The van der Waals surface area contributed by atoms with E-state index in [9.17, 15) is 14.7 Å². The monoisotopic (exact) mass is 464 g/mol. The Labute approximate surface area is 199 Å². The molecule has 0 atom stereocenters. The van der Waals surface area contributed by atoms with Gasteiger partial charge in [0.15, 0.2) is 11.5 Å². The summed E-state index contributed by atoms with van der Waals surface area (Å²) in [7, 11) is 1.56. The minimum Gasteiger partial charge on any atom is -0.493 e. The second-order valence-corrected chi connectivity index (χ2v) is 8.82. The zero-order valence-corrected chi connectivity index (χ0v) is 19.8. The van der Waals surface area contributed by atoms with Gasteiger partial charge in [-0.3, -0.25) is 9.59 Å². The summed E-state index contributed by atoms with van der Waals surface area (Å²) in [6, 6.07) is 14.7. The third kappa shape index (κ3) is 4.80. The number of aliphatic hydroxyl groups is 1. The molecule has 1 amide bonds. The Kier molecular flexibility index (Phi) is 7.22. The Morgan fingerprint density at radius 2 is 1.85 bits per heavy atom. The molecule has 4 rings (SSSR count). The Morgan fingerprint density at radius 3 is 2.53 bits per heavy atom.